The van der Waals surface area contributed by atoms with Gasteiger partial charge in [0.25, 0.3) is 0 Å². The van der Waals surface area contributed by atoms with Crippen LogP contribution in [0.15, 0.2) is 29.3 Å². The molecule has 1 aromatic heterocycles. The van der Waals surface area contributed by atoms with Crippen molar-refractivity contribution < 1.29 is 5.11 Å². The highest BCUT2D eigenvalue weighted by atomic mass is 32.1. The number of phenolic OH excluding ortho intramolecular Hbond substituents is 1. The molecule has 0 spiro atoms. The van der Waals surface area contributed by atoms with E-state index in [1.54, 1.807) is 12.1 Å². The third-order valence-corrected chi connectivity index (χ3v) is 5.92. The Balaban J connectivity index is 1.53. The van der Waals surface area contributed by atoms with Crippen molar-refractivity contribution in [1.29, 1.82) is 0 Å². The Morgan fingerprint density at radius 3 is 2.78 bits per heavy atom. The third kappa shape index (κ3) is 5.70. The number of nitrogens with zero attached hydrogens (tertiary/aromatic N) is 3. The second-order valence-electron chi connectivity index (χ2n) is 7.05. The fourth-order valence-electron chi connectivity index (χ4n) is 3.35. The lowest BCUT2D eigenvalue weighted by Gasteiger charge is -2.21. The number of thiazole rings is 1. The van der Waals surface area contributed by atoms with E-state index in [9.17, 15) is 5.11 Å². The summed E-state index contributed by atoms with van der Waals surface area (Å²) < 4.78 is 0. The van der Waals surface area contributed by atoms with Gasteiger partial charge in [-0.3, -0.25) is 4.99 Å². The fraction of sp³-hybridized carbons (Fsp3) is 0.524. The summed E-state index contributed by atoms with van der Waals surface area (Å²) in [5, 5.41) is 13.9. The topological polar surface area (TPSA) is 60.8 Å². The molecule has 0 saturated carbocycles. The molecule has 6 heteroatoms. The number of nitrogens with one attached hydrogen (secondary N) is 1. The van der Waals surface area contributed by atoms with Gasteiger partial charge in [-0.15, -0.1) is 11.3 Å². The SMILES string of the molecule is CCNC(=NCCCc1ccc(O)cc1)N(C)Cc1nc2c(s1)CCCC2. The highest BCUT2D eigenvalue weighted by Crippen LogP contribution is 2.27. The molecule has 1 aliphatic carbocycles. The van der Waals surface area contributed by atoms with E-state index < -0.39 is 0 Å². The lowest BCUT2D eigenvalue weighted by atomic mass is 10.0. The first-order valence-electron chi connectivity index (χ1n) is 9.90. The first kappa shape index (κ1) is 19.7. The van der Waals surface area contributed by atoms with Crippen molar-refractivity contribution >= 4 is 17.3 Å². The molecule has 0 unspecified atom stereocenters. The van der Waals surface area contributed by atoms with E-state index in [-0.39, 0.29) is 0 Å². The van der Waals surface area contributed by atoms with Crippen LogP contribution in [0.25, 0.3) is 0 Å². The van der Waals surface area contributed by atoms with Gasteiger partial charge in [0.05, 0.1) is 12.2 Å². The molecular formula is C21H30N4OS. The van der Waals surface area contributed by atoms with Crippen LogP contribution in [-0.2, 0) is 25.8 Å². The van der Waals surface area contributed by atoms with Gasteiger partial charge in [0.15, 0.2) is 5.96 Å². The first-order valence-corrected chi connectivity index (χ1v) is 10.7. The van der Waals surface area contributed by atoms with Crippen LogP contribution < -0.4 is 5.32 Å². The Labute approximate surface area is 166 Å². The normalized spacial score (nSPS) is 14.1. The molecule has 2 aromatic rings. The zero-order chi connectivity index (χ0) is 19.1. The number of phenols is 1. The van der Waals surface area contributed by atoms with Crippen LogP contribution in [0, 0.1) is 0 Å². The molecule has 146 valence electrons. The van der Waals surface area contributed by atoms with Crippen LogP contribution in [0.4, 0.5) is 0 Å². The standard InChI is InChI=1S/C21H30N4OS/c1-3-22-21(23-14-6-7-16-10-12-17(26)13-11-16)25(2)15-20-24-18-8-4-5-9-19(18)27-20/h10-13,26H,3-9,14-15H2,1-2H3,(H,22,23). The molecule has 5 nitrogen and oxygen atoms in total. The predicted molar refractivity (Wildman–Crippen MR) is 113 cm³/mol. The minimum atomic E-state index is 0.316. The van der Waals surface area contributed by atoms with Crippen LogP contribution in [0.1, 0.15) is 47.3 Å². The maximum atomic E-state index is 9.36. The maximum Gasteiger partial charge on any atom is 0.194 e. The van der Waals surface area contributed by atoms with Crippen molar-refractivity contribution in [2.45, 2.75) is 52.0 Å². The number of rotatable bonds is 7. The summed E-state index contributed by atoms with van der Waals surface area (Å²) in [4.78, 5) is 13.3. The second kappa shape index (κ2) is 9.74. The van der Waals surface area contributed by atoms with Crippen LogP contribution in [-0.4, -0.2) is 41.1 Å². The van der Waals surface area contributed by atoms with Crippen LogP contribution in [0.5, 0.6) is 5.75 Å². The van der Waals surface area contributed by atoms with E-state index in [1.165, 1.54) is 40.4 Å². The van der Waals surface area contributed by atoms with Crippen molar-refractivity contribution in [3.05, 3.63) is 45.4 Å². The van der Waals surface area contributed by atoms with Gasteiger partial charge in [-0.25, -0.2) is 4.98 Å². The Bertz CT molecular complexity index is 731. The molecule has 0 aliphatic heterocycles. The number of aliphatic imine (C=N–C) groups is 1. The molecule has 1 aliphatic rings. The highest BCUT2D eigenvalue weighted by molar-refractivity contribution is 7.11. The molecule has 0 atom stereocenters. The first-order chi connectivity index (χ1) is 13.2. The summed E-state index contributed by atoms with van der Waals surface area (Å²) in [6.07, 6.45) is 6.86. The van der Waals surface area contributed by atoms with Crippen molar-refractivity contribution in [1.82, 2.24) is 15.2 Å². The van der Waals surface area contributed by atoms with Crippen molar-refractivity contribution in [2.24, 2.45) is 4.99 Å². The Kier molecular flexibility index (Phi) is 7.10. The van der Waals surface area contributed by atoms with Crippen LogP contribution in [0.2, 0.25) is 0 Å². The van der Waals surface area contributed by atoms with Crippen LogP contribution in [0.3, 0.4) is 0 Å². The summed E-state index contributed by atoms with van der Waals surface area (Å²) >= 11 is 1.87. The molecule has 0 amide bonds. The second-order valence-corrected chi connectivity index (χ2v) is 8.21. The van der Waals surface area contributed by atoms with E-state index in [1.807, 2.05) is 23.5 Å². The number of aromatic nitrogens is 1. The average Bonchev–Trinajstić information content (AvgIpc) is 3.08. The Hall–Kier alpha value is -2.08. The predicted octanol–water partition coefficient (Wildman–Crippen LogP) is 3.76. The average molecular weight is 387 g/mol. The molecule has 1 heterocycles. The molecule has 0 saturated heterocycles. The van der Waals surface area contributed by atoms with Crippen molar-refractivity contribution in [3.63, 3.8) is 0 Å². The smallest absolute Gasteiger partial charge is 0.194 e. The summed E-state index contributed by atoms with van der Waals surface area (Å²) in [5.74, 6) is 1.26. The molecule has 1 aromatic carbocycles. The van der Waals surface area contributed by atoms with Gasteiger partial charge in [0.1, 0.15) is 10.8 Å². The van der Waals surface area contributed by atoms with E-state index in [0.29, 0.717) is 5.75 Å². The zero-order valence-electron chi connectivity index (χ0n) is 16.4. The maximum absolute atomic E-state index is 9.36. The quantitative estimate of drug-likeness (QED) is 0.432. The monoisotopic (exact) mass is 386 g/mol. The van der Waals surface area contributed by atoms with Gasteiger partial charge in [0.2, 0.25) is 0 Å². The summed E-state index contributed by atoms with van der Waals surface area (Å²) in [6, 6.07) is 7.43. The van der Waals surface area contributed by atoms with Crippen molar-refractivity contribution in [3.8, 4) is 5.75 Å². The van der Waals surface area contributed by atoms with E-state index in [2.05, 4.69) is 24.2 Å². The summed E-state index contributed by atoms with van der Waals surface area (Å²) in [7, 11) is 2.09. The Morgan fingerprint density at radius 2 is 2.04 bits per heavy atom. The summed E-state index contributed by atoms with van der Waals surface area (Å²) in [5.41, 5.74) is 2.56. The van der Waals surface area contributed by atoms with E-state index in [4.69, 9.17) is 9.98 Å². The molecular weight excluding hydrogens is 356 g/mol. The number of hydrogen-bond donors (Lipinski definition) is 2. The molecule has 0 bridgehead atoms. The van der Waals surface area contributed by atoms with Gasteiger partial charge in [-0.2, -0.15) is 0 Å². The lowest BCUT2D eigenvalue weighted by molar-refractivity contribution is 0.474. The van der Waals surface area contributed by atoms with E-state index in [0.717, 1.165) is 44.9 Å². The number of aryl methyl sites for hydroxylation is 3. The summed E-state index contributed by atoms with van der Waals surface area (Å²) in [6.45, 7) is 4.54. The lowest BCUT2D eigenvalue weighted by Crippen LogP contribution is -2.38. The number of aromatic hydroxyl groups is 1. The van der Waals surface area contributed by atoms with Gasteiger partial charge in [0, 0.05) is 25.0 Å². The van der Waals surface area contributed by atoms with Gasteiger partial charge < -0.3 is 15.3 Å². The van der Waals surface area contributed by atoms with Gasteiger partial charge in [-0.05, 0) is 63.1 Å². The molecule has 0 radical (unpaired) electrons. The number of benzene rings is 1. The van der Waals surface area contributed by atoms with Gasteiger partial charge in [-0.1, -0.05) is 12.1 Å². The highest BCUT2D eigenvalue weighted by Gasteiger charge is 2.16. The van der Waals surface area contributed by atoms with E-state index >= 15 is 0 Å². The molecule has 2 N–H and O–H groups in total. The van der Waals surface area contributed by atoms with Gasteiger partial charge >= 0.3 is 0 Å². The third-order valence-electron chi connectivity index (χ3n) is 4.78. The number of hydrogen-bond acceptors (Lipinski definition) is 4. The minimum Gasteiger partial charge on any atom is -0.508 e. The fourth-order valence-corrected chi connectivity index (χ4v) is 4.56. The Morgan fingerprint density at radius 1 is 1.26 bits per heavy atom. The van der Waals surface area contributed by atoms with Crippen molar-refractivity contribution in [2.75, 3.05) is 20.1 Å². The number of fused-ring (bicyclic) bond motifs is 1. The zero-order valence-corrected chi connectivity index (χ0v) is 17.2. The molecule has 27 heavy (non-hydrogen) atoms. The molecule has 3 rings (SSSR count). The largest absolute Gasteiger partial charge is 0.508 e. The minimum absolute atomic E-state index is 0.316. The van der Waals surface area contributed by atoms with Crippen LogP contribution >= 0.6 is 11.3 Å². The molecule has 0 fully saturated rings. The number of guanidine groups is 1.